The van der Waals surface area contributed by atoms with E-state index in [2.05, 4.69) is 9.97 Å². The first-order valence-electron chi connectivity index (χ1n) is 8.70. The molecule has 0 spiro atoms. The highest BCUT2D eigenvalue weighted by Gasteiger charge is 2.38. The zero-order valence-electron chi connectivity index (χ0n) is 14.1. The Kier molecular flexibility index (Phi) is 4.12. The van der Waals surface area contributed by atoms with Gasteiger partial charge in [-0.1, -0.05) is 6.92 Å². The van der Waals surface area contributed by atoms with Crippen LogP contribution in [0, 0.1) is 11.8 Å². The topological polar surface area (TPSA) is 92.3 Å². The van der Waals surface area contributed by atoms with Gasteiger partial charge in [0.25, 0.3) is 0 Å². The van der Waals surface area contributed by atoms with Gasteiger partial charge in [0, 0.05) is 22.9 Å². The Morgan fingerprint density at radius 2 is 2.24 bits per heavy atom. The van der Waals surface area contributed by atoms with Crippen LogP contribution in [0.2, 0.25) is 0 Å². The maximum absolute atomic E-state index is 12.0. The molecule has 25 heavy (non-hydrogen) atoms. The summed E-state index contributed by atoms with van der Waals surface area (Å²) in [5.41, 5.74) is 2.80. The van der Waals surface area contributed by atoms with Gasteiger partial charge in [0.1, 0.15) is 11.4 Å². The van der Waals surface area contributed by atoms with Crippen molar-refractivity contribution in [2.75, 3.05) is 11.5 Å². The summed E-state index contributed by atoms with van der Waals surface area (Å²) in [6.45, 7) is 1.89. The molecule has 2 N–H and O–H groups in total. The Hall–Kier alpha value is -1.80. The molecule has 0 saturated heterocycles. The first-order chi connectivity index (χ1) is 12.0. The van der Waals surface area contributed by atoms with E-state index in [0.29, 0.717) is 12.2 Å². The molecule has 1 aliphatic heterocycles. The lowest BCUT2D eigenvalue weighted by Crippen LogP contribution is -2.34. The van der Waals surface area contributed by atoms with Crippen molar-refractivity contribution in [2.24, 2.45) is 11.8 Å². The average molecular weight is 360 g/mol. The molecule has 1 saturated carbocycles. The lowest BCUT2D eigenvalue weighted by Gasteiger charge is -2.38. The minimum absolute atomic E-state index is 0.203. The molecule has 0 unspecified atom stereocenters. The molecule has 0 amide bonds. The summed E-state index contributed by atoms with van der Waals surface area (Å²) in [4.78, 5) is 7.41. The first-order valence-corrected chi connectivity index (χ1v) is 10.5. The normalized spacial score (nSPS) is 23.0. The fourth-order valence-electron chi connectivity index (χ4n) is 4.00. The third-order valence-corrected chi connectivity index (χ3v) is 7.10. The fourth-order valence-corrected chi connectivity index (χ4v) is 5.78. The number of hydrogen-bond acceptors (Lipinski definition) is 5. The molecule has 8 heteroatoms. The van der Waals surface area contributed by atoms with Gasteiger partial charge >= 0.3 is 7.12 Å². The average Bonchev–Trinajstić information content (AvgIpc) is 2.98. The molecule has 3 heterocycles. The van der Waals surface area contributed by atoms with E-state index >= 15 is 0 Å². The number of hydrogen-bond donors (Lipinski definition) is 2. The zero-order chi connectivity index (χ0) is 17.6. The standard InChI is InChI=1S/C17H21BN2O4S/c1-2-5-25(22,23)10-11-6-12(7-11)14-8-18(21)24-15-9-20-17-13(16(14)15)3-4-19-17/h3-4,8-9,11-12,21H,2,5-7,10H2,1H3,(H,19,20)/t11-,12+. The molecule has 0 aromatic carbocycles. The maximum Gasteiger partial charge on any atom is 0.552 e. The van der Waals surface area contributed by atoms with Gasteiger partial charge in [-0.3, -0.25) is 0 Å². The van der Waals surface area contributed by atoms with Crippen LogP contribution in [-0.2, 0) is 9.84 Å². The van der Waals surface area contributed by atoms with E-state index in [4.69, 9.17) is 4.65 Å². The van der Waals surface area contributed by atoms with Crippen LogP contribution in [-0.4, -0.2) is 42.0 Å². The van der Waals surface area contributed by atoms with E-state index in [1.54, 1.807) is 12.2 Å². The molecule has 2 aromatic heterocycles. The highest BCUT2D eigenvalue weighted by Crippen LogP contribution is 2.48. The Balaban J connectivity index is 1.57. The van der Waals surface area contributed by atoms with Crippen molar-refractivity contribution in [3.63, 3.8) is 0 Å². The lowest BCUT2D eigenvalue weighted by atomic mass is 9.66. The molecule has 0 atom stereocenters. The third kappa shape index (κ3) is 3.09. The van der Waals surface area contributed by atoms with Crippen LogP contribution in [0.15, 0.2) is 24.4 Å². The summed E-state index contributed by atoms with van der Waals surface area (Å²) in [6, 6.07) is 1.96. The third-order valence-electron chi connectivity index (χ3n) is 5.09. The summed E-state index contributed by atoms with van der Waals surface area (Å²) >= 11 is 0. The molecular weight excluding hydrogens is 339 g/mol. The van der Waals surface area contributed by atoms with Gasteiger partial charge in [0.15, 0.2) is 9.84 Å². The van der Waals surface area contributed by atoms with Crippen LogP contribution < -0.4 is 4.65 Å². The molecule has 2 aliphatic rings. The van der Waals surface area contributed by atoms with Crippen LogP contribution in [0.25, 0.3) is 16.6 Å². The number of aromatic amines is 1. The molecule has 4 rings (SSSR count). The van der Waals surface area contributed by atoms with Crippen LogP contribution in [0.1, 0.15) is 31.7 Å². The molecule has 0 bridgehead atoms. The minimum atomic E-state index is -2.95. The second-order valence-electron chi connectivity index (χ2n) is 7.02. The Bertz CT molecular complexity index is 931. The van der Waals surface area contributed by atoms with E-state index < -0.39 is 17.0 Å². The van der Waals surface area contributed by atoms with Crippen LogP contribution in [0.5, 0.6) is 5.75 Å². The Morgan fingerprint density at radius 1 is 1.44 bits per heavy atom. The van der Waals surface area contributed by atoms with Crippen molar-refractivity contribution >= 4 is 33.6 Å². The van der Waals surface area contributed by atoms with Crippen molar-refractivity contribution in [3.05, 3.63) is 30.0 Å². The van der Waals surface area contributed by atoms with E-state index in [0.717, 1.165) is 35.0 Å². The largest absolute Gasteiger partial charge is 0.552 e. The molecule has 6 nitrogen and oxygen atoms in total. The van der Waals surface area contributed by atoms with Gasteiger partial charge < -0.3 is 14.7 Å². The quantitative estimate of drug-likeness (QED) is 0.798. The van der Waals surface area contributed by atoms with E-state index in [1.807, 2.05) is 19.2 Å². The molecular formula is C17H21BN2O4S. The molecule has 1 aliphatic carbocycles. The monoisotopic (exact) mass is 360 g/mol. The number of aromatic nitrogens is 2. The van der Waals surface area contributed by atoms with E-state index in [-0.39, 0.29) is 23.3 Å². The molecule has 132 valence electrons. The number of sulfone groups is 1. The second-order valence-corrected chi connectivity index (χ2v) is 9.25. The SMILES string of the molecule is CCCS(=O)(=O)C[C@H]1C[C@@H](C2=CB(O)Oc3cnc4[nH]ccc4c32)C1. The Labute approximate surface area is 147 Å². The number of rotatable bonds is 5. The smallest absolute Gasteiger partial charge is 0.531 e. The van der Waals surface area contributed by atoms with Crippen molar-refractivity contribution in [1.82, 2.24) is 9.97 Å². The summed E-state index contributed by atoms with van der Waals surface area (Å²) in [5.74, 6) is 3.32. The molecule has 0 radical (unpaired) electrons. The number of nitrogens with zero attached hydrogens (tertiary/aromatic N) is 1. The van der Waals surface area contributed by atoms with Crippen molar-refractivity contribution in [2.45, 2.75) is 26.2 Å². The van der Waals surface area contributed by atoms with E-state index in [1.165, 1.54) is 0 Å². The van der Waals surface area contributed by atoms with Gasteiger partial charge in [0.2, 0.25) is 0 Å². The highest BCUT2D eigenvalue weighted by atomic mass is 32.2. The van der Waals surface area contributed by atoms with E-state index in [9.17, 15) is 13.4 Å². The first kappa shape index (κ1) is 16.7. The predicted octanol–water partition coefficient (Wildman–Crippen LogP) is 2.21. The van der Waals surface area contributed by atoms with Gasteiger partial charge in [-0.15, -0.1) is 0 Å². The summed E-state index contributed by atoms with van der Waals surface area (Å²) in [6.07, 6.45) is 5.79. The molecule has 1 fully saturated rings. The van der Waals surface area contributed by atoms with Crippen LogP contribution in [0.4, 0.5) is 0 Å². The van der Waals surface area contributed by atoms with Crippen LogP contribution >= 0.6 is 0 Å². The van der Waals surface area contributed by atoms with Crippen molar-refractivity contribution in [1.29, 1.82) is 0 Å². The second kappa shape index (κ2) is 6.18. The van der Waals surface area contributed by atoms with Gasteiger partial charge in [0.05, 0.1) is 11.9 Å². The summed E-state index contributed by atoms with van der Waals surface area (Å²) in [7, 11) is -3.93. The van der Waals surface area contributed by atoms with Gasteiger partial charge in [-0.25, -0.2) is 13.4 Å². The highest BCUT2D eigenvalue weighted by molar-refractivity contribution is 7.91. The number of allylic oxidation sites excluding steroid dienone is 1. The van der Waals surface area contributed by atoms with Gasteiger partial charge in [-0.05, 0) is 48.7 Å². The number of fused-ring (bicyclic) bond motifs is 3. The van der Waals surface area contributed by atoms with Gasteiger partial charge in [-0.2, -0.15) is 0 Å². The maximum atomic E-state index is 12.0. The summed E-state index contributed by atoms with van der Waals surface area (Å²) in [5, 5.41) is 11.0. The predicted molar refractivity (Wildman–Crippen MR) is 97.8 cm³/mol. The zero-order valence-corrected chi connectivity index (χ0v) is 14.9. The molecule has 2 aromatic rings. The Morgan fingerprint density at radius 3 is 3.00 bits per heavy atom. The van der Waals surface area contributed by atoms with Crippen molar-refractivity contribution < 1.29 is 18.1 Å². The lowest BCUT2D eigenvalue weighted by molar-refractivity contribution is 0.273. The summed E-state index contributed by atoms with van der Waals surface area (Å²) < 4.78 is 29.5. The fraction of sp³-hybridized carbons (Fsp3) is 0.471. The number of H-pyrrole nitrogens is 1. The van der Waals surface area contributed by atoms with Crippen molar-refractivity contribution in [3.8, 4) is 5.75 Å². The number of pyridine rings is 1. The minimum Gasteiger partial charge on any atom is -0.531 e. The van der Waals surface area contributed by atoms with Crippen LogP contribution in [0.3, 0.4) is 0 Å². The number of nitrogens with one attached hydrogen (secondary N) is 1.